The molecule has 0 saturated carbocycles. The lowest BCUT2D eigenvalue weighted by Gasteiger charge is -2.09. The summed E-state index contributed by atoms with van der Waals surface area (Å²) < 4.78 is 0. The third-order valence-electron chi connectivity index (χ3n) is 4.78. The maximum Gasteiger partial charge on any atom is 0.288 e. The molecule has 1 aromatic carbocycles. The number of benzene rings is 1. The van der Waals surface area contributed by atoms with Gasteiger partial charge in [0.05, 0.1) is 5.52 Å². The number of nitrogens with zero attached hydrogens (tertiary/aromatic N) is 1. The second-order valence-corrected chi connectivity index (χ2v) is 6.55. The zero-order valence-electron chi connectivity index (χ0n) is 14.8. The monoisotopic (exact) mass is 362 g/mol. The number of aromatic nitrogens is 2. The van der Waals surface area contributed by atoms with Crippen LogP contribution in [0, 0.1) is 6.92 Å². The first-order chi connectivity index (χ1) is 13.0. The molecule has 0 aliphatic heterocycles. The third kappa shape index (κ3) is 3.08. The number of pyridine rings is 1. The molecule has 0 fully saturated rings. The second-order valence-electron chi connectivity index (χ2n) is 6.55. The average Bonchev–Trinajstić information content (AvgIpc) is 3.03. The van der Waals surface area contributed by atoms with Crippen LogP contribution in [0.5, 0.6) is 0 Å². The van der Waals surface area contributed by atoms with Crippen LogP contribution in [0.1, 0.15) is 55.4 Å². The molecule has 7 heteroatoms. The van der Waals surface area contributed by atoms with Crippen LogP contribution in [-0.2, 0) is 6.42 Å². The third-order valence-corrected chi connectivity index (χ3v) is 4.78. The molecule has 0 unspecified atom stereocenters. The number of Topliss-reactive ketones (excluding diaryl/α,β-unsaturated/α-hetero) is 1. The lowest BCUT2D eigenvalue weighted by atomic mass is 9.94. The fourth-order valence-electron chi connectivity index (χ4n) is 3.43. The maximum atomic E-state index is 12.4. The number of rotatable bonds is 2. The van der Waals surface area contributed by atoms with Gasteiger partial charge in [-0.15, -0.1) is 0 Å². The molecule has 1 aliphatic rings. The van der Waals surface area contributed by atoms with E-state index in [1.54, 1.807) is 19.1 Å². The fraction of sp³-hybridized carbons (Fsp3) is 0.200. The Hall–Kier alpha value is -3.48. The van der Waals surface area contributed by atoms with Gasteiger partial charge >= 0.3 is 0 Å². The molecule has 7 nitrogen and oxygen atoms in total. The van der Waals surface area contributed by atoms with Crippen LogP contribution < -0.4 is 10.9 Å². The van der Waals surface area contributed by atoms with Crippen LogP contribution in [0.3, 0.4) is 0 Å². The minimum atomic E-state index is -0.515. The van der Waals surface area contributed by atoms with Gasteiger partial charge in [0.2, 0.25) is 0 Å². The molecule has 2 aromatic heterocycles. The van der Waals surface area contributed by atoms with Crippen LogP contribution in [0.25, 0.3) is 10.9 Å². The molecule has 27 heavy (non-hydrogen) atoms. The smallest absolute Gasteiger partial charge is 0.288 e. The highest BCUT2D eigenvalue weighted by molar-refractivity contribution is 6.05. The predicted octanol–water partition coefficient (Wildman–Crippen LogP) is 2.47. The van der Waals surface area contributed by atoms with Crippen molar-refractivity contribution in [1.29, 1.82) is 0 Å². The lowest BCUT2D eigenvalue weighted by Crippen LogP contribution is -2.42. The van der Waals surface area contributed by atoms with Gasteiger partial charge in [0, 0.05) is 23.1 Å². The van der Waals surface area contributed by atoms with Gasteiger partial charge in [0.25, 0.3) is 11.8 Å². The summed E-state index contributed by atoms with van der Waals surface area (Å²) in [7, 11) is 0. The fourth-order valence-corrected chi connectivity index (χ4v) is 3.43. The van der Waals surface area contributed by atoms with Crippen molar-refractivity contribution in [2.75, 3.05) is 0 Å². The van der Waals surface area contributed by atoms with Gasteiger partial charge in [0.15, 0.2) is 5.78 Å². The van der Waals surface area contributed by atoms with Crippen molar-refractivity contribution in [3.05, 3.63) is 64.6 Å². The van der Waals surface area contributed by atoms with Crippen molar-refractivity contribution in [2.45, 2.75) is 26.2 Å². The second kappa shape index (κ2) is 6.68. The Balaban J connectivity index is 1.49. The van der Waals surface area contributed by atoms with Crippen molar-refractivity contribution < 1.29 is 14.4 Å². The summed E-state index contributed by atoms with van der Waals surface area (Å²) in [5.74, 6) is -0.962. The molecule has 0 spiro atoms. The van der Waals surface area contributed by atoms with E-state index >= 15 is 0 Å². The number of carbonyl (C=O) groups is 3. The Kier molecular flexibility index (Phi) is 4.19. The number of hydrogen-bond acceptors (Lipinski definition) is 4. The average molecular weight is 362 g/mol. The number of hydrogen-bond donors (Lipinski definition) is 3. The van der Waals surface area contributed by atoms with Crippen LogP contribution in [0.2, 0.25) is 0 Å². The quantitative estimate of drug-likeness (QED) is 0.609. The molecule has 1 aliphatic carbocycles. The zero-order valence-corrected chi connectivity index (χ0v) is 14.8. The van der Waals surface area contributed by atoms with Gasteiger partial charge < -0.3 is 4.98 Å². The molecular formula is C20H18N4O3. The Morgan fingerprint density at radius 1 is 1.04 bits per heavy atom. The first-order valence-electron chi connectivity index (χ1n) is 8.75. The van der Waals surface area contributed by atoms with Crippen molar-refractivity contribution in [3.63, 3.8) is 0 Å². The SMILES string of the molecule is Cc1c(C(=O)NNC(=O)c2ccc3ccccc3n2)[nH]c2c1C(=O)CCC2. The van der Waals surface area contributed by atoms with Crippen molar-refractivity contribution >= 4 is 28.5 Å². The highest BCUT2D eigenvalue weighted by atomic mass is 16.2. The summed E-state index contributed by atoms with van der Waals surface area (Å²) in [4.78, 5) is 44.1. The minimum Gasteiger partial charge on any atom is -0.354 e. The normalized spacial score (nSPS) is 13.3. The number of ketones is 1. The van der Waals surface area contributed by atoms with Crippen LogP contribution in [0.4, 0.5) is 0 Å². The first-order valence-corrected chi connectivity index (χ1v) is 8.75. The number of fused-ring (bicyclic) bond motifs is 2. The van der Waals surface area contributed by atoms with E-state index in [1.165, 1.54) is 0 Å². The van der Waals surface area contributed by atoms with Gasteiger partial charge in [-0.05, 0) is 37.5 Å². The van der Waals surface area contributed by atoms with E-state index in [-0.39, 0.29) is 11.5 Å². The Morgan fingerprint density at radius 2 is 1.81 bits per heavy atom. The topological polar surface area (TPSA) is 104 Å². The molecule has 0 bridgehead atoms. The minimum absolute atomic E-state index is 0.0495. The number of nitrogens with one attached hydrogen (secondary N) is 3. The summed E-state index contributed by atoms with van der Waals surface area (Å²) in [5.41, 5.74) is 7.96. The summed E-state index contributed by atoms with van der Waals surface area (Å²) in [6.07, 6.45) is 2.01. The van der Waals surface area contributed by atoms with Gasteiger partial charge in [-0.3, -0.25) is 25.2 Å². The van der Waals surface area contributed by atoms with E-state index < -0.39 is 11.8 Å². The van der Waals surface area contributed by atoms with Crippen LogP contribution in [-0.4, -0.2) is 27.6 Å². The highest BCUT2D eigenvalue weighted by Crippen LogP contribution is 2.26. The summed E-state index contributed by atoms with van der Waals surface area (Å²) in [6.45, 7) is 1.74. The predicted molar refractivity (Wildman–Crippen MR) is 99.5 cm³/mol. The van der Waals surface area contributed by atoms with E-state index in [2.05, 4.69) is 20.8 Å². The van der Waals surface area contributed by atoms with Gasteiger partial charge in [-0.25, -0.2) is 4.98 Å². The molecular weight excluding hydrogens is 344 g/mol. The van der Waals surface area contributed by atoms with Gasteiger partial charge in [0.1, 0.15) is 11.4 Å². The molecule has 0 saturated heterocycles. The number of amides is 2. The van der Waals surface area contributed by atoms with E-state index in [1.807, 2.05) is 24.3 Å². The van der Waals surface area contributed by atoms with E-state index in [0.717, 1.165) is 23.9 Å². The van der Waals surface area contributed by atoms with Crippen LogP contribution in [0.15, 0.2) is 36.4 Å². The largest absolute Gasteiger partial charge is 0.354 e. The van der Waals surface area contributed by atoms with E-state index in [0.29, 0.717) is 28.8 Å². The van der Waals surface area contributed by atoms with Crippen molar-refractivity contribution in [1.82, 2.24) is 20.8 Å². The van der Waals surface area contributed by atoms with Crippen molar-refractivity contribution in [2.24, 2.45) is 0 Å². The Labute approximate surface area is 155 Å². The Morgan fingerprint density at radius 3 is 2.63 bits per heavy atom. The first kappa shape index (κ1) is 17.0. The Bertz CT molecular complexity index is 1080. The number of carbonyl (C=O) groups excluding carboxylic acids is 3. The van der Waals surface area contributed by atoms with Gasteiger partial charge in [-0.1, -0.05) is 24.3 Å². The number of aryl methyl sites for hydroxylation is 1. The maximum absolute atomic E-state index is 12.4. The molecule has 0 atom stereocenters. The van der Waals surface area contributed by atoms with Crippen LogP contribution >= 0.6 is 0 Å². The highest BCUT2D eigenvalue weighted by Gasteiger charge is 2.26. The molecule has 3 N–H and O–H groups in total. The zero-order chi connectivity index (χ0) is 19.0. The van der Waals surface area contributed by atoms with Crippen molar-refractivity contribution in [3.8, 4) is 0 Å². The number of aromatic amines is 1. The summed E-state index contributed by atoms with van der Waals surface area (Å²) in [6, 6.07) is 10.9. The number of H-pyrrole nitrogens is 1. The van der Waals surface area contributed by atoms with E-state index in [9.17, 15) is 14.4 Å². The number of hydrazine groups is 1. The molecule has 136 valence electrons. The summed E-state index contributed by atoms with van der Waals surface area (Å²) in [5, 5.41) is 0.926. The molecule has 0 radical (unpaired) electrons. The number of para-hydroxylation sites is 1. The lowest BCUT2D eigenvalue weighted by molar-refractivity contribution is 0.0841. The van der Waals surface area contributed by atoms with E-state index in [4.69, 9.17) is 0 Å². The molecule has 2 heterocycles. The summed E-state index contributed by atoms with van der Waals surface area (Å²) >= 11 is 0. The molecule has 4 rings (SSSR count). The molecule has 2 amide bonds. The van der Waals surface area contributed by atoms with Gasteiger partial charge in [-0.2, -0.15) is 0 Å². The standard InChI is InChI=1S/C20H18N4O3/c1-11-17-14(7-4-8-16(17)25)22-18(11)20(27)24-23-19(26)15-10-9-12-5-2-3-6-13(12)21-15/h2-3,5-6,9-10,22H,4,7-8H2,1H3,(H,23,26)(H,24,27). The molecule has 3 aromatic rings.